The number of nitrogens with one attached hydrogen (secondary N) is 1. The van der Waals surface area contributed by atoms with E-state index in [0.29, 0.717) is 6.54 Å². The lowest BCUT2D eigenvalue weighted by molar-refractivity contribution is 0.0898. The summed E-state index contributed by atoms with van der Waals surface area (Å²) in [7, 11) is 1.64. The van der Waals surface area contributed by atoms with E-state index in [1.165, 1.54) is 0 Å². The number of hydrogen-bond acceptors (Lipinski definition) is 5. The number of aliphatic hydroxyl groups excluding tert-OH is 2. The molecule has 0 aromatic heterocycles. The van der Waals surface area contributed by atoms with Crippen LogP contribution in [0.4, 0.5) is 0 Å². The summed E-state index contributed by atoms with van der Waals surface area (Å²) in [5.74, 6) is 1.54. The molecule has 0 spiro atoms. The van der Waals surface area contributed by atoms with Crippen LogP contribution < -0.4 is 14.8 Å². The van der Waals surface area contributed by atoms with E-state index in [2.05, 4.69) is 26.1 Å². The summed E-state index contributed by atoms with van der Waals surface area (Å²) in [6, 6.07) is 5.69. The second-order valence-electron chi connectivity index (χ2n) is 7.50. The summed E-state index contributed by atoms with van der Waals surface area (Å²) < 4.78 is 11.1. The minimum absolute atomic E-state index is 0.00717. The lowest BCUT2D eigenvalue weighted by Gasteiger charge is -2.26. The predicted molar refractivity (Wildman–Crippen MR) is 92.4 cm³/mol. The third kappa shape index (κ3) is 6.37. The van der Waals surface area contributed by atoms with Crippen molar-refractivity contribution >= 4 is 0 Å². The number of rotatable bonds is 8. The monoisotopic (exact) mass is 325 g/mol. The Morgan fingerprint density at radius 3 is 2.35 bits per heavy atom. The zero-order valence-corrected chi connectivity index (χ0v) is 15.1. The first-order valence-electron chi connectivity index (χ1n) is 7.94. The van der Waals surface area contributed by atoms with Crippen LogP contribution in [0.15, 0.2) is 18.2 Å². The average molecular weight is 325 g/mol. The fourth-order valence-electron chi connectivity index (χ4n) is 2.04. The Labute approximate surface area is 139 Å². The van der Waals surface area contributed by atoms with Crippen molar-refractivity contribution in [3.05, 3.63) is 23.8 Å². The van der Waals surface area contributed by atoms with Crippen molar-refractivity contribution in [1.29, 1.82) is 0 Å². The van der Waals surface area contributed by atoms with E-state index in [9.17, 15) is 10.2 Å². The van der Waals surface area contributed by atoms with Gasteiger partial charge in [0.15, 0.2) is 0 Å². The van der Waals surface area contributed by atoms with E-state index in [1.54, 1.807) is 7.11 Å². The Kier molecular flexibility index (Phi) is 6.86. The van der Waals surface area contributed by atoms with Gasteiger partial charge in [0.25, 0.3) is 0 Å². The maximum absolute atomic E-state index is 10.1. The van der Waals surface area contributed by atoms with E-state index < -0.39 is 11.6 Å². The highest BCUT2D eigenvalue weighted by molar-refractivity contribution is 5.44. The summed E-state index contributed by atoms with van der Waals surface area (Å²) >= 11 is 0. The molecule has 0 amide bonds. The van der Waals surface area contributed by atoms with Gasteiger partial charge in [0, 0.05) is 17.6 Å². The van der Waals surface area contributed by atoms with Gasteiger partial charge in [0.05, 0.1) is 13.7 Å². The third-order valence-corrected chi connectivity index (χ3v) is 3.64. The topological polar surface area (TPSA) is 71.0 Å². The second kappa shape index (κ2) is 7.99. The molecule has 0 saturated carbocycles. The quantitative estimate of drug-likeness (QED) is 0.683. The number of methoxy groups -OCH3 is 1. The molecule has 0 fully saturated rings. The summed E-state index contributed by atoms with van der Waals surface area (Å²) in [5.41, 5.74) is 0.525. The molecule has 0 heterocycles. The number of hydrogen-bond donors (Lipinski definition) is 3. The minimum atomic E-state index is -0.657. The number of β-amino-alcohol motifs (C(OH)–C–C–N with tert-alkyl or cyclic N) is 1. The van der Waals surface area contributed by atoms with Crippen molar-refractivity contribution in [1.82, 2.24) is 5.32 Å². The summed E-state index contributed by atoms with van der Waals surface area (Å²) in [5, 5.41) is 22.4. The molecule has 0 aliphatic heterocycles. The van der Waals surface area contributed by atoms with Crippen LogP contribution in [0.5, 0.6) is 11.5 Å². The van der Waals surface area contributed by atoms with Crippen LogP contribution in [0.1, 0.15) is 40.2 Å². The SMILES string of the molecule is COc1ccc(OCC(O)CNC(C)(C)CO)c(C(C)(C)C)c1. The minimum Gasteiger partial charge on any atom is -0.497 e. The van der Waals surface area contributed by atoms with E-state index >= 15 is 0 Å². The van der Waals surface area contributed by atoms with Gasteiger partial charge in [-0.05, 0) is 37.5 Å². The van der Waals surface area contributed by atoms with Crippen LogP contribution >= 0.6 is 0 Å². The second-order valence-corrected chi connectivity index (χ2v) is 7.50. The Hall–Kier alpha value is -1.30. The van der Waals surface area contributed by atoms with Gasteiger partial charge < -0.3 is 25.0 Å². The molecule has 1 aromatic carbocycles. The van der Waals surface area contributed by atoms with Crippen LogP contribution in [0.3, 0.4) is 0 Å². The van der Waals surface area contributed by atoms with Gasteiger partial charge in [-0.3, -0.25) is 0 Å². The first-order chi connectivity index (χ1) is 10.6. The maximum Gasteiger partial charge on any atom is 0.123 e. The molecule has 5 nitrogen and oxygen atoms in total. The number of aliphatic hydroxyl groups is 2. The molecule has 0 bridgehead atoms. The lowest BCUT2D eigenvalue weighted by atomic mass is 9.86. The maximum atomic E-state index is 10.1. The predicted octanol–water partition coefficient (Wildman–Crippen LogP) is 2.09. The van der Waals surface area contributed by atoms with Crippen molar-refractivity contribution < 1.29 is 19.7 Å². The fourth-order valence-corrected chi connectivity index (χ4v) is 2.04. The van der Waals surface area contributed by atoms with Crippen molar-refractivity contribution in [3.8, 4) is 11.5 Å². The van der Waals surface area contributed by atoms with Crippen molar-refractivity contribution in [3.63, 3.8) is 0 Å². The fraction of sp³-hybridized carbons (Fsp3) is 0.667. The third-order valence-electron chi connectivity index (χ3n) is 3.64. The van der Waals surface area contributed by atoms with Gasteiger partial charge >= 0.3 is 0 Å². The van der Waals surface area contributed by atoms with Crippen LogP contribution in [-0.4, -0.2) is 48.7 Å². The van der Waals surface area contributed by atoms with Gasteiger partial charge in [0.1, 0.15) is 24.2 Å². The van der Waals surface area contributed by atoms with Gasteiger partial charge in [-0.2, -0.15) is 0 Å². The van der Waals surface area contributed by atoms with E-state index in [-0.39, 0.29) is 18.6 Å². The summed E-state index contributed by atoms with van der Waals surface area (Å²) in [6.07, 6.45) is -0.657. The standard InChI is InChI=1S/C18H31NO4/c1-17(2,3)15-9-14(22-6)7-8-16(15)23-11-13(21)10-19-18(4,5)12-20/h7-9,13,19-21H,10-12H2,1-6H3. The Bertz CT molecular complexity index is 494. The normalized spacial score (nSPS) is 13.7. The molecule has 0 radical (unpaired) electrons. The molecule has 1 unspecified atom stereocenters. The zero-order chi connectivity index (χ0) is 17.7. The zero-order valence-electron chi connectivity index (χ0n) is 15.1. The highest BCUT2D eigenvalue weighted by Gasteiger charge is 2.21. The molecule has 5 heteroatoms. The molecule has 132 valence electrons. The lowest BCUT2D eigenvalue weighted by Crippen LogP contribution is -2.47. The van der Waals surface area contributed by atoms with Gasteiger partial charge in [-0.25, -0.2) is 0 Å². The van der Waals surface area contributed by atoms with Crippen molar-refractivity contribution in [2.75, 3.05) is 26.9 Å². The van der Waals surface area contributed by atoms with Crippen molar-refractivity contribution in [2.45, 2.75) is 51.7 Å². The molecule has 3 N–H and O–H groups in total. The molecule has 1 rings (SSSR count). The Balaban J connectivity index is 2.70. The molecule has 0 saturated heterocycles. The molecule has 1 atom stereocenters. The molecule has 0 aliphatic carbocycles. The first-order valence-corrected chi connectivity index (χ1v) is 7.94. The van der Waals surface area contributed by atoms with Gasteiger partial charge in [-0.15, -0.1) is 0 Å². The molecule has 1 aromatic rings. The average Bonchev–Trinajstić information content (AvgIpc) is 2.50. The van der Waals surface area contributed by atoms with Crippen LogP contribution in [0.25, 0.3) is 0 Å². The van der Waals surface area contributed by atoms with E-state index in [4.69, 9.17) is 9.47 Å². The Morgan fingerprint density at radius 1 is 1.17 bits per heavy atom. The van der Waals surface area contributed by atoms with Crippen molar-refractivity contribution in [2.24, 2.45) is 0 Å². The number of benzene rings is 1. The molecular weight excluding hydrogens is 294 g/mol. The van der Waals surface area contributed by atoms with Crippen LogP contribution in [0.2, 0.25) is 0 Å². The molecule has 23 heavy (non-hydrogen) atoms. The molecule has 0 aliphatic rings. The smallest absolute Gasteiger partial charge is 0.123 e. The largest absolute Gasteiger partial charge is 0.497 e. The Morgan fingerprint density at radius 2 is 1.83 bits per heavy atom. The highest BCUT2D eigenvalue weighted by Crippen LogP contribution is 2.34. The summed E-state index contributed by atoms with van der Waals surface area (Å²) in [6.45, 7) is 10.6. The number of ether oxygens (including phenoxy) is 2. The first kappa shape index (κ1) is 19.7. The van der Waals surface area contributed by atoms with Gasteiger partial charge in [-0.1, -0.05) is 20.8 Å². The van der Waals surface area contributed by atoms with Crippen LogP contribution in [0, 0.1) is 0 Å². The van der Waals surface area contributed by atoms with E-state index in [0.717, 1.165) is 17.1 Å². The van der Waals surface area contributed by atoms with E-state index in [1.807, 2.05) is 32.0 Å². The summed E-state index contributed by atoms with van der Waals surface area (Å²) in [4.78, 5) is 0. The van der Waals surface area contributed by atoms with Gasteiger partial charge in [0.2, 0.25) is 0 Å². The highest BCUT2D eigenvalue weighted by atomic mass is 16.5. The molecular formula is C18H31NO4. The van der Waals surface area contributed by atoms with Crippen LogP contribution in [-0.2, 0) is 5.41 Å².